The lowest BCUT2D eigenvalue weighted by atomic mass is 10.1. The fourth-order valence-electron chi connectivity index (χ4n) is 6.00. The Kier molecular flexibility index (Phi) is 7.44. The summed E-state index contributed by atoms with van der Waals surface area (Å²) in [5, 5.41) is 1.86. The summed E-state index contributed by atoms with van der Waals surface area (Å²) in [6.07, 6.45) is -0.0751. The van der Waals surface area contributed by atoms with Crippen LogP contribution in [0.1, 0.15) is 55.3 Å². The highest BCUT2D eigenvalue weighted by Gasteiger charge is 2.55. The summed E-state index contributed by atoms with van der Waals surface area (Å²) in [5.74, 6) is -1.55. The second-order valence-electron chi connectivity index (χ2n) is 11.9. The van der Waals surface area contributed by atoms with E-state index < -0.39 is 32.4 Å². The molecule has 2 heterocycles. The van der Waals surface area contributed by atoms with Crippen LogP contribution in [-0.2, 0) is 13.9 Å². The number of fused-ring (bicyclic) bond motifs is 1. The predicted molar refractivity (Wildman–Crippen MR) is 158 cm³/mol. The molecule has 3 aromatic rings. The van der Waals surface area contributed by atoms with Crippen molar-refractivity contribution in [2.75, 3.05) is 6.54 Å². The molecule has 208 valence electrons. The maximum Gasteiger partial charge on any atom is 0.261 e. The average Bonchev–Trinajstić information content (AvgIpc) is 3.39. The molecule has 0 unspecified atom stereocenters. The molecule has 6 nitrogen and oxygen atoms in total. The van der Waals surface area contributed by atoms with E-state index in [0.29, 0.717) is 11.1 Å². The minimum Gasteiger partial charge on any atom is -0.400 e. The normalized spacial score (nSPS) is 21.4. The SMILES string of the molecule is C=C[C@H]1OC(C)(C)O[C@H]1[C@@H](CN1C(=O)c2ccccc2C1=O)O[Si](c1ccccc1)(c1ccccc1)C(C)(C)C. The maximum absolute atomic E-state index is 13.5. The van der Waals surface area contributed by atoms with Crippen molar-refractivity contribution in [1.29, 1.82) is 0 Å². The molecule has 3 aromatic carbocycles. The average molecular weight is 556 g/mol. The molecule has 40 heavy (non-hydrogen) atoms. The van der Waals surface area contributed by atoms with Crippen LogP contribution in [0.5, 0.6) is 0 Å². The second-order valence-corrected chi connectivity index (χ2v) is 16.1. The Balaban J connectivity index is 1.66. The van der Waals surface area contributed by atoms with Crippen molar-refractivity contribution in [3.05, 3.63) is 109 Å². The lowest BCUT2D eigenvalue weighted by Crippen LogP contribution is -2.69. The summed E-state index contributed by atoms with van der Waals surface area (Å²) in [7, 11) is -3.08. The van der Waals surface area contributed by atoms with Gasteiger partial charge < -0.3 is 13.9 Å². The van der Waals surface area contributed by atoms with Gasteiger partial charge in [-0.2, -0.15) is 0 Å². The second kappa shape index (κ2) is 10.6. The molecule has 3 atom stereocenters. The van der Waals surface area contributed by atoms with Gasteiger partial charge in [-0.05, 0) is 41.4 Å². The molecule has 5 rings (SSSR count). The first kappa shape index (κ1) is 28.2. The van der Waals surface area contributed by atoms with Crippen LogP contribution >= 0.6 is 0 Å². The standard InChI is InChI=1S/C33H37NO5Si/c1-7-27-29(38-33(5,6)37-27)28(22-34-30(35)25-20-14-15-21-26(25)31(34)36)39-40(32(2,3)4,23-16-10-8-11-17-23)24-18-12-9-13-19-24/h7-21,27-29H,1,22H2,2-6H3/t27-,28-,29-/m1/s1. The van der Waals surface area contributed by atoms with Crippen molar-refractivity contribution in [1.82, 2.24) is 4.90 Å². The minimum atomic E-state index is -3.08. The quantitative estimate of drug-likeness (QED) is 0.224. The number of ether oxygens (including phenoxy) is 2. The molecule has 0 spiro atoms. The third-order valence-corrected chi connectivity index (χ3v) is 12.8. The van der Waals surface area contributed by atoms with Crippen LogP contribution in [0.3, 0.4) is 0 Å². The van der Waals surface area contributed by atoms with Gasteiger partial charge in [0.25, 0.3) is 20.1 Å². The molecule has 0 aromatic heterocycles. The first-order valence-electron chi connectivity index (χ1n) is 13.7. The fourth-order valence-corrected chi connectivity index (χ4v) is 10.7. The molecule has 0 aliphatic carbocycles. The molecular formula is C33H37NO5Si. The summed E-state index contributed by atoms with van der Waals surface area (Å²) in [4.78, 5) is 28.3. The Bertz CT molecular complexity index is 1320. The Morgan fingerprint density at radius 3 is 1.80 bits per heavy atom. The lowest BCUT2D eigenvalue weighted by molar-refractivity contribution is -0.152. The summed E-state index contributed by atoms with van der Waals surface area (Å²) in [6.45, 7) is 14.3. The van der Waals surface area contributed by atoms with Crippen molar-refractivity contribution >= 4 is 30.5 Å². The Labute approximate surface area is 237 Å². The van der Waals surface area contributed by atoms with E-state index in [2.05, 4.69) is 51.6 Å². The van der Waals surface area contributed by atoms with Crippen LogP contribution < -0.4 is 10.4 Å². The van der Waals surface area contributed by atoms with Gasteiger partial charge in [0, 0.05) is 0 Å². The number of carbonyl (C=O) groups is 2. The molecule has 0 bridgehead atoms. The van der Waals surface area contributed by atoms with Gasteiger partial charge in [0.05, 0.1) is 23.8 Å². The monoisotopic (exact) mass is 555 g/mol. The number of amides is 2. The van der Waals surface area contributed by atoms with E-state index in [0.717, 1.165) is 10.4 Å². The Morgan fingerprint density at radius 2 is 1.35 bits per heavy atom. The number of carbonyl (C=O) groups excluding carboxylic acids is 2. The van der Waals surface area contributed by atoms with Crippen LogP contribution in [0, 0.1) is 0 Å². The molecule has 2 amide bonds. The zero-order valence-electron chi connectivity index (χ0n) is 23.8. The van der Waals surface area contributed by atoms with Crippen molar-refractivity contribution in [3.8, 4) is 0 Å². The Morgan fingerprint density at radius 1 is 0.875 bits per heavy atom. The first-order chi connectivity index (χ1) is 19.0. The topological polar surface area (TPSA) is 65.1 Å². The van der Waals surface area contributed by atoms with E-state index in [1.165, 1.54) is 4.90 Å². The first-order valence-corrected chi connectivity index (χ1v) is 15.6. The number of nitrogens with zero attached hydrogens (tertiary/aromatic N) is 1. The van der Waals surface area contributed by atoms with E-state index in [-0.39, 0.29) is 23.4 Å². The number of imide groups is 1. The highest BCUT2D eigenvalue weighted by atomic mass is 28.4. The number of hydrogen-bond acceptors (Lipinski definition) is 5. The molecule has 0 radical (unpaired) electrons. The van der Waals surface area contributed by atoms with E-state index >= 15 is 0 Å². The van der Waals surface area contributed by atoms with E-state index in [1.807, 2.05) is 50.2 Å². The maximum atomic E-state index is 13.5. The van der Waals surface area contributed by atoms with Crippen molar-refractivity contribution < 1.29 is 23.5 Å². The molecule has 2 aliphatic heterocycles. The van der Waals surface area contributed by atoms with Gasteiger partial charge in [0.15, 0.2) is 5.79 Å². The summed E-state index contributed by atoms with van der Waals surface area (Å²) in [6, 6.07) is 27.5. The number of benzene rings is 3. The largest absolute Gasteiger partial charge is 0.400 e. The van der Waals surface area contributed by atoms with Gasteiger partial charge in [0.1, 0.15) is 12.2 Å². The molecule has 1 fully saturated rings. The minimum absolute atomic E-state index is 0.0191. The smallest absolute Gasteiger partial charge is 0.261 e. The van der Waals surface area contributed by atoms with E-state index in [1.54, 1.807) is 30.3 Å². The van der Waals surface area contributed by atoms with Crippen molar-refractivity contribution in [3.63, 3.8) is 0 Å². The van der Waals surface area contributed by atoms with Crippen LogP contribution in [0.25, 0.3) is 0 Å². The number of hydrogen-bond donors (Lipinski definition) is 0. The van der Waals surface area contributed by atoms with Gasteiger partial charge in [-0.25, -0.2) is 0 Å². The van der Waals surface area contributed by atoms with Crippen LogP contribution in [0.2, 0.25) is 5.04 Å². The summed E-state index contributed by atoms with van der Waals surface area (Å²) >= 11 is 0. The summed E-state index contributed by atoms with van der Waals surface area (Å²) < 4.78 is 20.1. The molecular weight excluding hydrogens is 518 g/mol. The third-order valence-electron chi connectivity index (χ3n) is 7.75. The van der Waals surface area contributed by atoms with Crippen molar-refractivity contribution in [2.45, 2.75) is 63.8 Å². The van der Waals surface area contributed by atoms with Gasteiger partial charge >= 0.3 is 0 Å². The lowest BCUT2D eigenvalue weighted by Gasteiger charge is -2.46. The molecule has 0 saturated carbocycles. The van der Waals surface area contributed by atoms with Crippen molar-refractivity contribution in [2.24, 2.45) is 0 Å². The van der Waals surface area contributed by atoms with Gasteiger partial charge in [-0.3, -0.25) is 14.5 Å². The highest BCUT2D eigenvalue weighted by Crippen LogP contribution is 2.40. The fraction of sp³-hybridized carbons (Fsp3) is 0.333. The zero-order valence-corrected chi connectivity index (χ0v) is 24.8. The predicted octanol–water partition coefficient (Wildman–Crippen LogP) is 4.93. The van der Waals surface area contributed by atoms with Gasteiger partial charge in [0.2, 0.25) is 0 Å². The van der Waals surface area contributed by atoms with Gasteiger partial charge in [-0.1, -0.05) is 99.6 Å². The molecule has 2 aliphatic rings. The van der Waals surface area contributed by atoms with Gasteiger partial charge in [-0.15, -0.1) is 6.58 Å². The third kappa shape index (κ3) is 4.88. The van der Waals surface area contributed by atoms with E-state index in [4.69, 9.17) is 13.9 Å². The molecule has 1 saturated heterocycles. The van der Waals surface area contributed by atoms with Crippen LogP contribution in [0.15, 0.2) is 97.6 Å². The van der Waals surface area contributed by atoms with E-state index in [9.17, 15) is 9.59 Å². The van der Waals surface area contributed by atoms with Crippen LogP contribution in [-0.4, -0.2) is 55.7 Å². The number of rotatable bonds is 8. The Hall–Kier alpha value is -3.36. The zero-order chi connectivity index (χ0) is 28.7. The molecule has 7 heteroatoms. The van der Waals surface area contributed by atoms with Crippen LogP contribution in [0.4, 0.5) is 0 Å². The summed E-state index contributed by atoms with van der Waals surface area (Å²) in [5.41, 5.74) is 0.807. The molecule has 0 N–H and O–H groups in total. The highest BCUT2D eigenvalue weighted by molar-refractivity contribution is 6.99.